The molecule has 0 fully saturated rings. The minimum Gasteiger partial charge on any atom is -0.319 e. The zero-order valence-corrected chi connectivity index (χ0v) is 14.6. The highest BCUT2D eigenvalue weighted by Gasteiger charge is 2.33. The summed E-state index contributed by atoms with van der Waals surface area (Å²) in [7, 11) is 1.74. The zero-order valence-electron chi connectivity index (χ0n) is 13.0. The number of alkyl halides is 3. The van der Waals surface area contributed by atoms with Crippen molar-refractivity contribution in [3.63, 3.8) is 0 Å². The number of rotatable bonds is 5. The van der Waals surface area contributed by atoms with Crippen LogP contribution in [0.3, 0.4) is 0 Å². The molecule has 0 radical (unpaired) electrons. The fraction of sp³-hybridized carbons (Fsp3) is 0.333. The van der Waals surface area contributed by atoms with E-state index in [0.29, 0.717) is 6.54 Å². The molecule has 0 aliphatic rings. The van der Waals surface area contributed by atoms with E-state index in [9.17, 15) is 18.0 Å². The summed E-state index contributed by atoms with van der Waals surface area (Å²) in [5.74, 6) is -0.501. The molecule has 4 nitrogen and oxygen atoms in total. The first-order valence-corrected chi connectivity index (χ1v) is 7.78. The highest BCUT2D eigenvalue weighted by molar-refractivity contribution is 7.14. The molecule has 1 amide bonds. The number of carbonyl (C=O) groups is 1. The molecule has 132 valence electrons. The van der Waals surface area contributed by atoms with Gasteiger partial charge in [0.05, 0.1) is 11.3 Å². The molecule has 2 rings (SSSR count). The zero-order chi connectivity index (χ0) is 17.0. The first kappa shape index (κ1) is 20.4. The summed E-state index contributed by atoms with van der Waals surface area (Å²) in [6.45, 7) is 2.25. The average Bonchev–Trinajstić information content (AvgIpc) is 2.95. The number of carbonyl (C=O) groups excluding carboxylic acids is 1. The molecule has 1 unspecified atom stereocenters. The van der Waals surface area contributed by atoms with E-state index in [1.54, 1.807) is 14.0 Å². The SMILES string of the molecule is CNCC(C)C(=O)Nc1nc(-c2ccccc2C(F)(F)F)cs1.Cl. The predicted octanol–water partition coefficient (Wildman–Crippen LogP) is 4.04. The Labute approximate surface area is 147 Å². The maximum Gasteiger partial charge on any atom is 0.417 e. The van der Waals surface area contributed by atoms with E-state index in [0.717, 1.165) is 17.4 Å². The minimum atomic E-state index is -4.45. The molecule has 1 aromatic carbocycles. The topological polar surface area (TPSA) is 54.0 Å². The van der Waals surface area contributed by atoms with Crippen LogP contribution >= 0.6 is 23.7 Å². The van der Waals surface area contributed by atoms with E-state index in [2.05, 4.69) is 15.6 Å². The highest BCUT2D eigenvalue weighted by atomic mass is 35.5. The smallest absolute Gasteiger partial charge is 0.319 e. The van der Waals surface area contributed by atoms with Gasteiger partial charge >= 0.3 is 6.18 Å². The maximum absolute atomic E-state index is 13.0. The Morgan fingerprint density at radius 1 is 1.33 bits per heavy atom. The first-order chi connectivity index (χ1) is 10.8. The average molecular weight is 380 g/mol. The van der Waals surface area contributed by atoms with Gasteiger partial charge in [-0.15, -0.1) is 23.7 Å². The van der Waals surface area contributed by atoms with E-state index in [1.165, 1.54) is 23.6 Å². The quantitative estimate of drug-likeness (QED) is 0.824. The van der Waals surface area contributed by atoms with Crippen LogP contribution in [0.4, 0.5) is 18.3 Å². The fourth-order valence-electron chi connectivity index (χ4n) is 2.04. The number of nitrogens with one attached hydrogen (secondary N) is 2. The molecular weight excluding hydrogens is 363 g/mol. The van der Waals surface area contributed by atoms with Gasteiger partial charge in [0.25, 0.3) is 0 Å². The summed E-state index contributed by atoms with van der Waals surface area (Å²) in [4.78, 5) is 16.0. The molecule has 2 N–H and O–H groups in total. The van der Waals surface area contributed by atoms with Gasteiger partial charge in [0.1, 0.15) is 0 Å². The lowest BCUT2D eigenvalue weighted by Gasteiger charge is -2.11. The van der Waals surface area contributed by atoms with Crippen LogP contribution in [0, 0.1) is 5.92 Å². The van der Waals surface area contributed by atoms with Gasteiger partial charge in [0, 0.05) is 23.4 Å². The van der Waals surface area contributed by atoms with Crippen molar-refractivity contribution in [2.75, 3.05) is 18.9 Å². The standard InChI is InChI=1S/C15H16F3N3OS.ClH/c1-9(7-19-2)13(22)21-14-20-12(8-23-14)10-5-3-4-6-11(10)15(16,17)18;/h3-6,8-9,19H,7H2,1-2H3,(H,20,21,22);1H. The van der Waals surface area contributed by atoms with E-state index in [-0.39, 0.29) is 40.6 Å². The van der Waals surface area contributed by atoms with Gasteiger partial charge in [0.15, 0.2) is 5.13 Å². The normalized spacial score (nSPS) is 12.4. The van der Waals surface area contributed by atoms with Gasteiger partial charge < -0.3 is 10.6 Å². The predicted molar refractivity (Wildman–Crippen MR) is 91.5 cm³/mol. The van der Waals surface area contributed by atoms with E-state index in [4.69, 9.17) is 0 Å². The third kappa shape index (κ3) is 4.93. The van der Waals surface area contributed by atoms with Gasteiger partial charge in [0.2, 0.25) is 5.91 Å². The van der Waals surface area contributed by atoms with Crippen LogP contribution in [-0.4, -0.2) is 24.5 Å². The van der Waals surface area contributed by atoms with Crippen molar-refractivity contribution < 1.29 is 18.0 Å². The molecule has 1 heterocycles. The van der Waals surface area contributed by atoms with Crippen LogP contribution < -0.4 is 10.6 Å². The summed E-state index contributed by atoms with van der Waals surface area (Å²) >= 11 is 1.10. The second-order valence-corrected chi connectivity index (χ2v) is 5.89. The van der Waals surface area contributed by atoms with Gasteiger partial charge in [-0.25, -0.2) is 4.98 Å². The van der Waals surface area contributed by atoms with Gasteiger partial charge in [-0.05, 0) is 13.1 Å². The Hall–Kier alpha value is -1.64. The maximum atomic E-state index is 13.0. The van der Waals surface area contributed by atoms with Crippen molar-refractivity contribution in [2.45, 2.75) is 13.1 Å². The Kier molecular flexibility index (Phi) is 7.19. The van der Waals surface area contributed by atoms with Crippen molar-refractivity contribution in [1.29, 1.82) is 0 Å². The summed E-state index contributed by atoms with van der Waals surface area (Å²) in [5.41, 5.74) is -0.550. The number of hydrogen-bond acceptors (Lipinski definition) is 4. The number of aromatic nitrogens is 1. The van der Waals surface area contributed by atoms with Gasteiger partial charge in [-0.3, -0.25) is 4.79 Å². The molecular formula is C15H17ClF3N3OS. The highest BCUT2D eigenvalue weighted by Crippen LogP contribution is 2.37. The van der Waals surface area contributed by atoms with Crippen LogP contribution in [0.25, 0.3) is 11.3 Å². The second kappa shape index (κ2) is 8.46. The van der Waals surface area contributed by atoms with Crippen molar-refractivity contribution in [2.24, 2.45) is 5.92 Å². The van der Waals surface area contributed by atoms with Crippen LogP contribution in [0.2, 0.25) is 0 Å². The summed E-state index contributed by atoms with van der Waals surface area (Å²) in [6.07, 6.45) is -4.45. The third-order valence-corrected chi connectivity index (χ3v) is 3.96. The van der Waals surface area contributed by atoms with Crippen molar-refractivity contribution in [1.82, 2.24) is 10.3 Å². The number of thiazole rings is 1. The first-order valence-electron chi connectivity index (χ1n) is 6.90. The second-order valence-electron chi connectivity index (χ2n) is 5.03. The van der Waals surface area contributed by atoms with Crippen LogP contribution in [-0.2, 0) is 11.0 Å². The number of amides is 1. The molecule has 0 bridgehead atoms. The van der Waals surface area contributed by atoms with Crippen molar-refractivity contribution >= 4 is 34.8 Å². The number of nitrogens with zero attached hydrogens (tertiary/aromatic N) is 1. The molecule has 2 aromatic rings. The minimum absolute atomic E-state index is 0. The number of anilines is 1. The molecule has 24 heavy (non-hydrogen) atoms. The van der Waals surface area contributed by atoms with Crippen LogP contribution in [0.15, 0.2) is 29.6 Å². The molecule has 0 aliphatic carbocycles. The Morgan fingerprint density at radius 3 is 2.62 bits per heavy atom. The lowest BCUT2D eigenvalue weighted by Crippen LogP contribution is -2.28. The number of benzene rings is 1. The van der Waals surface area contributed by atoms with E-state index >= 15 is 0 Å². The van der Waals surface area contributed by atoms with Gasteiger partial charge in [-0.2, -0.15) is 13.2 Å². The molecule has 1 atom stereocenters. The molecule has 0 saturated heterocycles. The number of hydrogen-bond donors (Lipinski definition) is 2. The van der Waals surface area contributed by atoms with Crippen molar-refractivity contribution in [3.05, 3.63) is 35.2 Å². The lowest BCUT2D eigenvalue weighted by atomic mass is 10.1. The van der Waals surface area contributed by atoms with Crippen LogP contribution in [0.5, 0.6) is 0 Å². The van der Waals surface area contributed by atoms with E-state index < -0.39 is 11.7 Å². The Balaban J connectivity index is 0.00000288. The van der Waals surface area contributed by atoms with E-state index in [1.807, 2.05) is 0 Å². The molecule has 1 aromatic heterocycles. The Bertz CT molecular complexity index is 691. The van der Waals surface area contributed by atoms with Gasteiger partial charge in [-0.1, -0.05) is 25.1 Å². The molecule has 9 heteroatoms. The lowest BCUT2D eigenvalue weighted by molar-refractivity contribution is -0.137. The Morgan fingerprint density at radius 2 is 2.00 bits per heavy atom. The summed E-state index contributed by atoms with van der Waals surface area (Å²) in [6, 6.07) is 5.24. The molecule has 0 spiro atoms. The largest absolute Gasteiger partial charge is 0.417 e. The third-order valence-electron chi connectivity index (χ3n) is 3.20. The molecule has 0 saturated carbocycles. The molecule has 0 aliphatic heterocycles. The summed E-state index contributed by atoms with van der Waals surface area (Å²) < 4.78 is 39.1. The van der Waals surface area contributed by atoms with Crippen LogP contribution in [0.1, 0.15) is 12.5 Å². The summed E-state index contributed by atoms with van der Waals surface area (Å²) in [5, 5.41) is 7.29. The number of halogens is 4. The van der Waals surface area contributed by atoms with Crippen molar-refractivity contribution in [3.8, 4) is 11.3 Å². The monoisotopic (exact) mass is 379 g/mol. The fourth-order valence-corrected chi connectivity index (χ4v) is 2.75.